The summed E-state index contributed by atoms with van der Waals surface area (Å²) in [5, 5.41) is 8.97. The smallest absolute Gasteiger partial charge is 0.0919 e. The number of aromatic amines is 2. The van der Waals surface area contributed by atoms with Crippen molar-refractivity contribution in [2.45, 2.75) is 37.8 Å². The number of H-pyrrole nitrogens is 2. The standard InChI is InChI=1S/C6H13NO.2C3H4N2/c7-5-1-3-6(8)4-2-5;2*1-2-5-3-4-1/h5-6,8H,1-4,7H2;2*1-3H,(H,4,5)/t5-,6-;;. The van der Waals surface area contributed by atoms with E-state index in [0.717, 1.165) is 25.7 Å². The molecule has 2 aromatic heterocycles. The summed E-state index contributed by atoms with van der Waals surface area (Å²) in [6, 6.07) is 0.360. The van der Waals surface area contributed by atoms with Crippen molar-refractivity contribution in [2.24, 2.45) is 5.73 Å². The molecule has 0 amide bonds. The highest BCUT2D eigenvalue weighted by atomic mass is 16.3. The third-order valence-electron chi connectivity index (χ3n) is 2.55. The van der Waals surface area contributed by atoms with Gasteiger partial charge in [-0.3, -0.25) is 0 Å². The van der Waals surface area contributed by atoms with Crippen LogP contribution in [-0.4, -0.2) is 37.2 Å². The Morgan fingerprint density at radius 3 is 1.67 bits per heavy atom. The molecule has 0 bridgehead atoms. The summed E-state index contributed by atoms with van der Waals surface area (Å²) < 4.78 is 0. The molecular formula is C12H21N5O. The first-order valence-electron chi connectivity index (χ1n) is 6.08. The Labute approximate surface area is 107 Å². The summed E-state index contributed by atoms with van der Waals surface area (Å²) in [5.74, 6) is 0. The molecule has 0 aliphatic heterocycles. The van der Waals surface area contributed by atoms with Gasteiger partial charge in [0.05, 0.1) is 18.8 Å². The van der Waals surface area contributed by atoms with Crippen molar-refractivity contribution in [3.63, 3.8) is 0 Å². The van der Waals surface area contributed by atoms with E-state index in [4.69, 9.17) is 10.8 Å². The van der Waals surface area contributed by atoms with E-state index in [9.17, 15) is 0 Å². The zero-order chi connectivity index (χ0) is 13.1. The van der Waals surface area contributed by atoms with Crippen LogP contribution in [0.4, 0.5) is 0 Å². The van der Waals surface area contributed by atoms with Gasteiger partial charge >= 0.3 is 0 Å². The largest absolute Gasteiger partial charge is 0.393 e. The zero-order valence-corrected chi connectivity index (χ0v) is 10.4. The first-order chi connectivity index (χ1) is 8.79. The Kier molecular flexibility index (Phi) is 7.50. The monoisotopic (exact) mass is 251 g/mol. The number of aliphatic hydroxyl groups excluding tert-OH is 1. The minimum absolute atomic E-state index is 0.0604. The van der Waals surface area contributed by atoms with E-state index in [2.05, 4.69) is 19.9 Å². The van der Waals surface area contributed by atoms with E-state index in [-0.39, 0.29) is 6.10 Å². The summed E-state index contributed by atoms with van der Waals surface area (Å²) >= 11 is 0. The molecule has 0 unspecified atom stereocenters. The second-order valence-electron chi connectivity index (χ2n) is 4.09. The molecule has 6 heteroatoms. The van der Waals surface area contributed by atoms with Gasteiger partial charge in [0.2, 0.25) is 0 Å². The minimum atomic E-state index is -0.0604. The summed E-state index contributed by atoms with van der Waals surface area (Å²) in [4.78, 5) is 12.8. The number of rotatable bonds is 0. The van der Waals surface area contributed by atoms with E-state index in [1.54, 1.807) is 37.4 Å². The molecule has 18 heavy (non-hydrogen) atoms. The molecule has 3 rings (SSSR count). The van der Waals surface area contributed by atoms with Gasteiger partial charge in [-0.15, -0.1) is 0 Å². The van der Waals surface area contributed by atoms with Gasteiger partial charge in [-0.1, -0.05) is 0 Å². The Balaban J connectivity index is 0.000000141. The van der Waals surface area contributed by atoms with Crippen molar-refractivity contribution in [3.05, 3.63) is 37.4 Å². The quantitative estimate of drug-likeness (QED) is 0.562. The summed E-state index contributed by atoms with van der Waals surface area (Å²) in [7, 11) is 0. The minimum Gasteiger partial charge on any atom is -0.393 e. The molecular weight excluding hydrogens is 230 g/mol. The van der Waals surface area contributed by atoms with Crippen molar-refractivity contribution in [3.8, 4) is 0 Å². The molecule has 100 valence electrons. The normalized spacial score (nSPS) is 22.1. The van der Waals surface area contributed by atoms with Crippen LogP contribution in [0.2, 0.25) is 0 Å². The first-order valence-corrected chi connectivity index (χ1v) is 6.08. The van der Waals surface area contributed by atoms with E-state index >= 15 is 0 Å². The van der Waals surface area contributed by atoms with Crippen LogP contribution in [0.25, 0.3) is 0 Å². The number of aliphatic hydroxyl groups is 1. The second kappa shape index (κ2) is 9.38. The Bertz CT molecular complexity index is 270. The molecule has 0 aromatic carbocycles. The van der Waals surface area contributed by atoms with E-state index in [1.807, 2.05) is 0 Å². The van der Waals surface area contributed by atoms with Crippen molar-refractivity contribution >= 4 is 0 Å². The average molecular weight is 251 g/mol. The van der Waals surface area contributed by atoms with Crippen LogP contribution in [0.5, 0.6) is 0 Å². The van der Waals surface area contributed by atoms with Gasteiger partial charge in [-0.2, -0.15) is 0 Å². The van der Waals surface area contributed by atoms with Gasteiger partial charge in [-0.05, 0) is 25.7 Å². The number of nitrogens with zero attached hydrogens (tertiary/aromatic N) is 2. The lowest BCUT2D eigenvalue weighted by atomic mass is 9.94. The molecule has 2 heterocycles. The average Bonchev–Trinajstić information content (AvgIpc) is 3.11. The molecule has 1 saturated carbocycles. The zero-order valence-electron chi connectivity index (χ0n) is 10.4. The lowest BCUT2D eigenvalue weighted by Crippen LogP contribution is -2.28. The number of nitrogens with two attached hydrogens (primary N) is 1. The van der Waals surface area contributed by atoms with Gasteiger partial charge in [0, 0.05) is 30.8 Å². The topological polar surface area (TPSA) is 104 Å². The first kappa shape index (κ1) is 14.4. The third-order valence-corrected chi connectivity index (χ3v) is 2.55. The molecule has 0 radical (unpaired) electrons. The molecule has 0 saturated heterocycles. The summed E-state index contributed by atoms with van der Waals surface area (Å²) in [6.45, 7) is 0. The molecule has 2 aromatic rings. The molecule has 5 N–H and O–H groups in total. The van der Waals surface area contributed by atoms with Crippen LogP contribution in [0.1, 0.15) is 25.7 Å². The lowest BCUT2D eigenvalue weighted by molar-refractivity contribution is 0.123. The Morgan fingerprint density at radius 2 is 1.44 bits per heavy atom. The predicted octanol–water partition coefficient (Wildman–Crippen LogP) is 1.07. The molecule has 1 fully saturated rings. The van der Waals surface area contributed by atoms with Crippen molar-refractivity contribution in [1.82, 2.24) is 19.9 Å². The molecule has 1 aliphatic carbocycles. The maximum Gasteiger partial charge on any atom is 0.0919 e. The highest BCUT2D eigenvalue weighted by Crippen LogP contribution is 2.15. The number of nitrogens with one attached hydrogen (secondary N) is 2. The molecule has 0 atom stereocenters. The molecule has 6 nitrogen and oxygen atoms in total. The van der Waals surface area contributed by atoms with Crippen molar-refractivity contribution in [2.75, 3.05) is 0 Å². The third kappa shape index (κ3) is 7.59. The Hall–Kier alpha value is -1.66. The number of hydrogen-bond acceptors (Lipinski definition) is 4. The van der Waals surface area contributed by atoms with Crippen LogP contribution in [0.3, 0.4) is 0 Å². The van der Waals surface area contributed by atoms with Gasteiger partial charge < -0.3 is 20.8 Å². The summed E-state index contributed by atoms with van der Waals surface area (Å²) in [5.41, 5.74) is 5.59. The predicted molar refractivity (Wildman–Crippen MR) is 69.6 cm³/mol. The van der Waals surface area contributed by atoms with Gasteiger partial charge in [0.1, 0.15) is 0 Å². The van der Waals surface area contributed by atoms with Crippen molar-refractivity contribution in [1.29, 1.82) is 0 Å². The molecule has 1 aliphatic rings. The van der Waals surface area contributed by atoms with Crippen LogP contribution in [0.15, 0.2) is 37.4 Å². The highest BCUT2D eigenvalue weighted by molar-refractivity contribution is 4.72. The lowest BCUT2D eigenvalue weighted by Gasteiger charge is -2.21. The maximum absolute atomic E-state index is 8.97. The Morgan fingerprint density at radius 1 is 0.944 bits per heavy atom. The van der Waals surface area contributed by atoms with Gasteiger partial charge in [-0.25, -0.2) is 9.97 Å². The fourth-order valence-electron chi connectivity index (χ4n) is 1.53. The number of imidazole rings is 2. The number of hydrogen-bond donors (Lipinski definition) is 4. The maximum atomic E-state index is 8.97. The molecule has 0 spiro atoms. The van der Waals surface area contributed by atoms with Crippen LogP contribution >= 0.6 is 0 Å². The van der Waals surface area contributed by atoms with Gasteiger partial charge in [0.25, 0.3) is 0 Å². The second-order valence-corrected chi connectivity index (χ2v) is 4.09. The fourth-order valence-corrected chi connectivity index (χ4v) is 1.53. The SMILES string of the molecule is N[C@H]1CC[C@H](O)CC1.c1c[nH]cn1.c1c[nH]cn1. The summed E-state index contributed by atoms with van der Waals surface area (Å²) in [6.07, 6.45) is 13.9. The van der Waals surface area contributed by atoms with E-state index < -0.39 is 0 Å². The van der Waals surface area contributed by atoms with E-state index in [1.165, 1.54) is 0 Å². The number of aromatic nitrogens is 4. The van der Waals surface area contributed by atoms with Crippen molar-refractivity contribution < 1.29 is 5.11 Å². The van der Waals surface area contributed by atoms with Crippen LogP contribution < -0.4 is 5.73 Å². The van der Waals surface area contributed by atoms with Crippen LogP contribution in [-0.2, 0) is 0 Å². The van der Waals surface area contributed by atoms with E-state index in [0.29, 0.717) is 6.04 Å². The highest BCUT2D eigenvalue weighted by Gasteiger charge is 2.14. The van der Waals surface area contributed by atoms with Gasteiger partial charge in [0.15, 0.2) is 0 Å². The fraction of sp³-hybridized carbons (Fsp3) is 0.500. The van der Waals surface area contributed by atoms with Crippen LogP contribution in [0, 0.1) is 0 Å².